The fraction of sp³-hybridized carbons (Fsp3) is 0.118. The summed E-state index contributed by atoms with van der Waals surface area (Å²) in [6, 6.07) is 16.6. The average molecular weight is 419 g/mol. The Labute approximate surface area is 144 Å². The van der Waals surface area contributed by atoms with E-state index in [1.807, 2.05) is 6.07 Å². The molecule has 0 fully saturated rings. The van der Waals surface area contributed by atoms with Crippen molar-refractivity contribution in [1.29, 1.82) is 0 Å². The standard InChI is InChI=1S/C17H13Br2N3/c18-9-10-21-16(12-5-7-13(19)8-6-12)11-22-15-4-2-1-3-14(15)20-17(21)22/h1-8,11H,9-10H2. The van der Waals surface area contributed by atoms with Gasteiger partial charge in [-0.25, -0.2) is 4.98 Å². The van der Waals surface area contributed by atoms with Gasteiger partial charge < -0.3 is 4.57 Å². The molecule has 22 heavy (non-hydrogen) atoms. The van der Waals surface area contributed by atoms with Crippen LogP contribution in [0.5, 0.6) is 0 Å². The van der Waals surface area contributed by atoms with Crippen LogP contribution in [0.25, 0.3) is 28.1 Å². The summed E-state index contributed by atoms with van der Waals surface area (Å²) in [6.45, 7) is 0.880. The molecule has 0 aliphatic heterocycles. The average Bonchev–Trinajstić information content (AvgIpc) is 3.06. The lowest BCUT2D eigenvalue weighted by Crippen LogP contribution is -2.01. The zero-order valence-corrected chi connectivity index (χ0v) is 14.9. The fourth-order valence-corrected chi connectivity index (χ4v) is 3.42. The lowest BCUT2D eigenvalue weighted by atomic mass is 10.2. The van der Waals surface area contributed by atoms with Gasteiger partial charge in [-0.15, -0.1) is 0 Å². The first kappa shape index (κ1) is 14.0. The van der Waals surface area contributed by atoms with E-state index in [4.69, 9.17) is 4.98 Å². The number of rotatable bonds is 3. The number of para-hydroxylation sites is 2. The molecule has 0 aliphatic carbocycles. The number of halogens is 2. The highest BCUT2D eigenvalue weighted by atomic mass is 79.9. The molecule has 0 N–H and O–H groups in total. The van der Waals surface area contributed by atoms with E-state index in [1.165, 1.54) is 11.3 Å². The number of alkyl halides is 1. The van der Waals surface area contributed by atoms with Crippen LogP contribution < -0.4 is 0 Å². The van der Waals surface area contributed by atoms with Crippen LogP contribution in [-0.4, -0.2) is 19.3 Å². The molecule has 0 spiro atoms. The van der Waals surface area contributed by atoms with Gasteiger partial charge in [-0.3, -0.25) is 4.40 Å². The van der Waals surface area contributed by atoms with Crippen molar-refractivity contribution in [3.63, 3.8) is 0 Å². The molecular weight excluding hydrogens is 406 g/mol. The summed E-state index contributed by atoms with van der Waals surface area (Å²) in [5.41, 5.74) is 4.55. The predicted octanol–water partition coefficient (Wildman–Crippen LogP) is 5.11. The van der Waals surface area contributed by atoms with Crippen molar-refractivity contribution in [3.8, 4) is 11.3 Å². The Bertz CT molecular complexity index is 951. The maximum absolute atomic E-state index is 4.79. The van der Waals surface area contributed by atoms with E-state index in [2.05, 4.69) is 89.5 Å². The number of nitrogens with zero attached hydrogens (tertiary/aromatic N) is 3. The number of fused-ring (bicyclic) bond motifs is 3. The first-order valence-corrected chi connectivity index (χ1v) is 8.97. The molecule has 4 aromatic rings. The number of aryl methyl sites for hydroxylation is 1. The van der Waals surface area contributed by atoms with Crippen LogP contribution >= 0.6 is 31.9 Å². The molecule has 0 radical (unpaired) electrons. The molecule has 0 atom stereocenters. The molecule has 0 aliphatic rings. The molecule has 110 valence electrons. The zero-order valence-electron chi connectivity index (χ0n) is 11.7. The van der Waals surface area contributed by atoms with Gasteiger partial charge in [0, 0.05) is 22.5 Å². The minimum Gasteiger partial charge on any atom is -0.309 e. The fourth-order valence-electron chi connectivity index (χ4n) is 2.81. The van der Waals surface area contributed by atoms with Gasteiger partial charge in [0.1, 0.15) is 0 Å². The van der Waals surface area contributed by atoms with Crippen LogP contribution in [0, 0.1) is 0 Å². The highest BCUT2D eigenvalue weighted by Crippen LogP contribution is 2.27. The Morgan fingerprint density at radius 1 is 1.00 bits per heavy atom. The Kier molecular flexibility index (Phi) is 3.54. The monoisotopic (exact) mass is 417 g/mol. The molecule has 0 amide bonds. The van der Waals surface area contributed by atoms with Crippen LogP contribution in [0.3, 0.4) is 0 Å². The number of imidazole rings is 2. The molecule has 0 saturated carbocycles. The van der Waals surface area contributed by atoms with Gasteiger partial charge >= 0.3 is 0 Å². The first-order chi connectivity index (χ1) is 10.8. The van der Waals surface area contributed by atoms with Crippen molar-refractivity contribution < 1.29 is 0 Å². The van der Waals surface area contributed by atoms with Crippen molar-refractivity contribution in [3.05, 3.63) is 59.2 Å². The van der Waals surface area contributed by atoms with E-state index in [-0.39, 0.29) is 0 Å². The second-order valence-corrected chi connectivity index (χ2v) is 6.84. The summed E-state index contributed by atoms with van der Waals surface area (Å²) in [5, 5.41) is 0.893. The lowest BCUT2D eigenvalue weighted by Gasteiger charge is -2.07. The van der Waals surface area contributed by atoms with Crippen molar-refractivity contribution in [2.75, 3.05) is 5.33 Å². The van der Waals surface area contributed by atoms with Crippen LogP contribution in [0.2, 0.25) is 0 Å². The van der Waals surface area contributed by atoms with Crippen LogP contribution in [0.15, 0.2) is 59.2 Å². The Balaban J connectivity index is 2.01. The SMILES string of the molecule is BrCCn1c(-c2ccc(Br)cc2)cn2c3ccccc3nc12. The highest BCUT2D eigenvalue weighted by Gasteiger charge is 2.14. The van der Waals surface area contributed by atoms with Crippen molar-refractivity contribution in [2.24, 2.45) is 0 Å². The van der Waals surface area contributed by atoms with Gasteiger partial charge in [0.15, 0.2) is 0 Å². The Hall–Kier alpha value is -1.59. The van der Waals surface area contributed by atoms with Crippen molar-refractivity contribution in [1.82, 2.24) is 14.0 Å². The summed E-state index contributed by atoms with van der Waals surface area (Å²) in [4.78, 5) is 4.79. The van der Waals surface area contributed by atoms with E-state index < -0.39 is 0 Å². The van der Waals surface area contributed by atoms with Crippen LogP contribution in [0.4, 0.5) is 0 Å². The molecule has 4 rings (SSSR count). The molecule has 2 heterocycles. The topological polar surface area (TPSA) is 22.2 Å². The number of hydrogen-bond donors (Lipinski definition) is 0. The normalized spacial score (nSPS) is 11.5. The highest BCUT2D eigenvalue weighted by molar-refractivity contribution is 9.10. The minimum absolute atomic E-state index is 0.880. The second kappa shape index (κ2) is 5.56. The quantitative estimate of drug-likeness (QED) is 0.423. The van der Waals surface area contributed by atoms with Gasteiger partial charge in [0.25, 0.3) is 0 Å². The van der Waals surface area contributed by atoms with E-state index in [1.54, 1.807) is 0 Å². The van der Waals surface area contributed by atoms with Gasteiger partial charge in [-0.05, 0) is 29.8 Å². The first-order valence-electron chi connectivity index (χ1n) is 7.06. The van der Waals surface area contributed by atoms with Gasteiger partial charge in [0.05, 0.1) is 16.7 Å². The predicted molar refractivity (Wildman–Crippen MR) is 97.6 cm³/mol. The molecule has 3 nitrogen and oxygen atoms in total. The van der Waals surface area contributed by atoms with E-state index in [0.29, 0.717) is 0 Å². The maximum Gasteiger partial charge on any atom is 0.215 e. The number of benzene rings is 2. The minimum atomic E-state index is 0.880. The third kappa shape index (κ3) is 2.20. The van der Waals surface area contributed by atoms with E-state index >= 15 is 0 Å². The molecule has 0 unspecified atom stereocenters. The largest absolute Gasteiger partial charge is 0.309 e. The van der Waals surface area contributed by atoms with Crippen molar-refractivity contribution >= 4 is 48.7 Å². The third-order valence-electron chi connectivity index (χ3n) is 3.81. The molecule has 2 aromatic carbocycles. The molecule has 0 saturated heterocycles. The summed E-state index contributed by atoms with van der Waals surface area (Å²) in [5.74, 6) is 0.985. The molecule has 5 heteroatoms. The van der Waals surface area contributed by atoms with Crippen LogP contribution in [-0.2, 0) is 6.54 Å². The summed E-state index contributed by atoms with van der Waals surface area (Å²) in [7, 11) is 0. The second-order valence-electron chi connectivity index (χ2n) is 5.13. The van der Waals surface area contributed by atoms with E-state index in [9.17, 15) is 0 Å². The molecular formula is C17H13Br2N3. The Morgan fingerprint density at radius 3 is 2.55 bits per heavy atom. The smallest absolute Gasteiger partial charge is 0.215 e. The number of hydrogen-bond acceptors (Lipinski definition) is 1. The Morgan fingerprint density at radius 2 is 1.77 bits per heavy atom. The maximum atomic E-state index is 4.79. The van der Waals surface area contributed by atoms with Crippen LogP contribution in [0.1, 0.15) is 0 Å². The molecule has 2 aromatic heterocycles. The third-order valence-corrected chi connectivity index (χ3v) is 4.69. The van der Waals surface area contributed by atoms with E-state index in [0.717, 1.165) is 33.2 Å². The van der Waals surface area contributed by atoms with Gasteiger partial charge in [-0.1, -0.05) is 56.1 Å². The summed E-state index contributed by atoms with van der Waals surface area (Å²) < 4.78 is 5.53. The van der Waals surface area contributed by atoms with Crippen molar-refractivity contribution in [2.45, 2.75) is 6.54 Å². The summed E-state index contributed by atoms with van der Waals surface area (Å²) >= 11 is 7.05. The zero-order chi connectivity index (χ0) is 15.1. The lowest BCUT2D eigenvalue weighted by molar-refractivity contribution is 0.804. The van der Waals surface area contributed by atoms with Gasteiger partial charge in [-0.2, -0.15) is 0 Å². The van der Waals surface area contributed by atoms with Gasteiger partial charge in [0.2, 0.25) is 5.78 Å². The number of aromatic nitrogens is 3. The molecule has 0 bridgehead atoms. The summed E-state index contributed by atoms with van der Waals surface area (Å²) in [6.07, 6.45) is 2.18.